The lowest BCUT2D eigenvalue weighted by Crippen LogP contribution is -2.31. The van der Waals surface area contributed by atoms with Crippen molar-refractivity contribution in [1.82, 2.24) is 4.90 Å². The summed E-state index contributed by atoms with van der Waals surface area (Å²) < 4.78 is 11.0. The van der Waals surface area contributed by atoms with Crippen LogP contribution in [0.3, 0.4) is 0 Å². The highest BCUT2D eigenvalue weighted by molar-refractivity contribution is 6.34. The van der Waals surface area contributed by atoms with Crippen molar-refractivity contribution < 1.29 is 24.0 Å². The number of nitro groups is 1. The number of nitro benzene ring substituents is 1. The van der Waals surface area contributed by atoms with Crippen molar-refractivity contribution in [1.29, 1.82) is 0 Å². The van der Waals surface area contributed by atoms with Crippen LogP contribution < -0.4 is 0 Å². The summed E-state index contributed by atoms with van der Waals surface area (Å²) in [5.41, 5.74) is 0.912. The van der Waals surface area contributed by atoms with Crippen LogP contribution in [0.5, 0.6) is 0 Å². The number of halogens is 2. The van der Waals surface area contributed by atoms with Gasteiger partial charge >= 0.3 is 12.1 Å². The van der Waals surface area contributed by atoms with E-state index in [2.05, 4.69) is 0 Å². The number of carbonyl (C=O) groups excluding carboxylic acids is 2. The van der Waals surface area contributed by atoms with Gasteiger partial charge in [-0.2, -0.15) is 0 Å². The monoisotopic (exact) mass is 478 g/mol. The molecule has 32 heavy (non-hydrogen) atoms. The molecular weight excluding hydrogens is 459 g/mol. The molecule has 2 aromatic rings. The van der Waals surface area contributed by atoms with Gasteiger partial charge in [-0.25, -0.2) is 9.59 Å². The molecule has 1 saturated carbocycles. The molecular formula is C22H20Cl2N2O6. The second kappa shape index (κ2) is 9.34. The molecule has 1 amide bonds. The van der Waals surface area contributed by atoms with Gasteiger partial charge in [0, 0.05) is 35.3 Å². The van der Waals surface area contributed by atoms with Crippen LogP contribution in [0, 0.1) is 22.0 Å². The minimum Gasteiger partial charge on any atom is -0.459 e. The lowest BCUT2D eigenvalue weighted by molar-refractivity contribution is -0.384. The predicted octanol–water partition coefficient (Wildman–Crippen LogP) is 5.11. The second-order valence-electron chi connectivity index (χ2n) is 8.06. The topological polar surface area (TPSA) is 99.0 Å². The number of hydrogen-bond donors (Lipinski definition) is 0. The Bertz CT molecular complexity index is 1010. The first-order valence-corrected chi connectivity index (χ1v) is 10.9. The SMILES string of the molecule is O=C(O[C@@H]1C[C@@H]2CN(C(=O)OCc3cc(Cl)cc(Cl)c3)C[C@@H]2C1)c1ccc([N+](=O)[O-])cc1. The third-order valence-electron chi connectivity index (χ3n) is 5.84. The Hall–Kier alpha value is -2.84. The molecule has 8 nitrogen and oxygen atoms in total. The summed E-state index contributed by atoms with van der Waals surface area (Å²) in [6.45, 7) is 1.18. The quantitative estimate of drug-likeness (QED) is 0.336. The molecule has 0 radical (unpaired) electrons. The third-order valence-corrected chi connectivity index (χ3v) is 6.27. The average molecular weight is 479 g/mol. The van der Waals surface area contributed by atoms with E-state index < -0.39 is 17.0 Å². The Morgan fingerprint density at radius 3 is 2.19 bits per heavy atom. The highest BCUT2D eigenvalue weighted by Gasteiger charge is 2.44. The maximum absolute atomic E-state index is 12.4. The van der Waals surface area contributed by atoms with Gasteiger partial charge in [0.05, 0.1) is 10.5 Å². The number of rotatable bonds is 5. The highest BCUT2D eigenvalue weighted by Crippen LogP contribution is 2.40. The first-order valence-electron chi connectivity index (χ1n) is 10.1. The van der Waals surface area contributed by atoms with Crippen LogP contribution in [0.1, 0.15) is 28.8 Å². The third kappa shape index (κ3) is 5.14. The van der Waals surface area contributed by atoms with E-state index in [1.807, 2.05) is 0 Å². The van der Waals surface area contributed by atoms with Gasteiger partial charge in [-0.05, 0) is 60.6 Å². The fraction of sp³-hybridized carbons (Fsp3) is 0.364. The van der Waals surface area contributed by atoms with E-state index in [0.717, 1.165) is 0 Å². The van der Waals surface area contributed by atoms with Gasteiger partial charge in [0.2, 0.25) is 0 Å². The molecule has 2 aromatic carbocycles. The molecule has 0 aromatic heterocycles. The lowest BCUT2D eigenvalue weighted by atomic mass is 10.0. The molecule has 2 fully saturated rings. The Balaban J connectivity index is 1.25. The molecule has 0 unspecified atom stereocenters. The van der Waals surface area contributed by atoms with E-state index in [9.17, 15) is 19.7 Å². The summed E-state index contributed by atoms with van der Waals surface area (Å²) in [4.78, 5) is 36.7. The Morgan fingerprint density at radius 1 is 1.03 bits per heavy atom. The van der Waals surface area contributed by atoms with Gasteiger partial charge in [0.1, 0.15) is 12.7 Å². The number of carbonyl (C=O) groups is 2. The number of nitrogens with zero attached hydrogens (tertiary/aromatic N) is 2. The number of amides is 1. The molecule has 0 spiro atoms. The molecule has 2 aliphatic rings. The van der Waals surface area contributed by atoms with E-state index in [0.29, 0.717) is 41.5 Å². The van der Waals surface area contributed by atoms with Crippen LogP contribution in [0.2, 0.25) is 10.0 Å². The fourth-order valence-corrected chi connectivity index (χ4v) is 4.93. The molecule has 10 heteroatoms. The summed E-state index contributed by atoms with van der Waals surface area (Å²) in [6, 6.07) is 10.3. The van der Waals surface area contributed by atoms with Crippen LogP contribution in [0.25, 0.3) is 0 Å². The summed E-state index contributed by atoms with van der Waals surface area (Å²) in [5.74, 6) is -0.0306. The fourth-order valence-electron chi connectivity index (χ4n) is 4.36. The number of ether oxygens (including phenoxy) is 2. The average Bonchev–Trinajstić information content (AvgIpc) is 3.30. The minimum atomic E-state index is -0.520. The van der Waals surface area contributed by atoms with Crippen LogP contribution in [0.15, 0.2) is 42.5 Å². The predicted molar refractivity (Wildman–Crippen MR) is 117 cm³/mol. The number of non-ortho nitro benzene ring substituents is 1. The zero-order valence-electron chi connectivity index (χ0n) is 16.9. The van der Waals surface area contributed by atoms with E-state index in [1.54, 1.807) is 23.1 Å². The van der Waals surface area contributed by atoms with E-state index in [1.165, 1.54) is 24.3 Å². The van der Waals surface area contributed by atoms with Crippen molar-refractivity contribution >= 4 is 41.0 Å². The van der Waals surface area contributed by atoms with Crippen molar-refractivity contribution in [2.75, 3.05) is 13.1 Å². The molecule has 1 aliphatic heterocycles. The molecule has 3 atom stereocenters. The van der Waals surface area contributed by atoms with Crippen molar-refractivity contribution in [2.45, 2.75) is 25.6 Å². The van der Waals surface area contributed by atoms with Gasteiger partial charge in [-0.3, -0.25) is 10.1 Å². The van der Waals surface area contributed by atoms with Crippen molar-refractivity contribution in [2.24, 2.45) is 11.8 Å². The Morgan fingerprint density at radius 2 is 1.62 bits per heavy atom. The van der Waals surface area contributed by atoms with Gasteiger partial charge in [0.15, 0.2) is 0 Å². The molecule has 168 valence electrons. The first kappa shape index (κ1) is 22.4. The minimum absolute atomic E-state index is 0.0811. The van der Waals surface area contributed by atoms with Crippen LogP contribution in [0.4, 0.5) is 10.5 Å². The van der Waals surface area contributed by atoms with Crippen molar-refractivity contribution in [3.05, 3.63) is 73.8 Å². The standard InChI is InChI=1S/C22H20Cl2N2O6/c23-17-5-13(6-18(24)9-17)12-31-22(28)25-10-15-7-20(8-16(15)11-25)32-21(27)14-1-3-19(4-2-14)26(29)30/h1-6,9,15-16,20H,7-8,10-12H2/t15-,16+,20-. The smallest absolute Gasteiger partial charge is 0.410 e. The van der Waals surface area contributed by atoms with E-state index in [-0.39, 0.29) is 35.8 Å². The highest BCUT2D eigenvalue weighted by atomic mass is 35.5. The van der Waals surface area contributed by atoms with E-state index >= 15 is 0 Å². The summed E-state index contributed by atoms with van der Waals surface area (Å²) in [5, 5.41) is 11.7. The molecule has 1 saturated heterocycles. The van der Waals surface area contributed by atoms with Crippen molar-refractivity contribution in [3.63, 3.8) is 0 Å². The van der Waals surface area contributed by atoms with Crippen molar-refractivity contribution in [3.8, 4) is 0 Å². The largest absolute Gasteiger partial charge is 0.459 e. The molecule has 0 bridgehead atoms. The normalized spacial score (nSPS) is 21.8. The molecule has 1 heterocycles. The molecule has 1 aliphatic carbocycles. The maximum atomic E-state index is 12.4. The maximum Gasteiger partial charge on any atom is 0.410 e. The number of benzene rings is 2. The zero-order chi connectivity index (χ0) is 22.8. The van der Waals surface area contributed by atoms with Gasteiger partial charge in [0.25, 0.3) is 5.69 Å². The number of fused-ring (bicyclic) bond motifs is 1. The second-order valence-corrected chi connectivity index (χ2v) is 8.93. The molecule has 0 N–H and O–H groups in total. The number of likely N-dealkylation sites (tertiary alicyclic amines) is 1. The number of esters is 1. The number of hydrogen-bond acceptors (Lipinski definition) is 6. The van der Waals surface area contributed by atoms with Crippen LogP contribution in [-0.4, -0.2) is 41.1 Å². The lowest BCUT2D eigenvalue weighted by Gasteiger charge is -2.19. The Labute approximate surface area is 194 Å². The summed E-state index contributed by atoms with van der Waals surface area (Å²) in [7, 11) is 0. The van der Waals surface area contributed by atoms with Gasteiger partial charge in [-0.15, -0.1) is 0 Å². The Kier molecular flexibility index (Phi) is 6.53. The summed E-state index contributed by atoms with van der Waals surface area (Å²) >= 11 is 11.9. The van der Waals surface area contributed by atoms with E-state index in [4.69, 9.17) is 32.7 Å². The van der Waals surface area contributed by atoms with Crippen LogP contribution in [-0.2, 0) is 16.1 Å². The van der Waals surface area contributed by atoms with Gasteiger partial charge in [-0.1, -0.05) is 23.2 Å². The zero-order valence-corrected chi connectivity index (χ0v) is 18.4. The molecule has 4 rings (SSSR count). The van der Waals surface area contributed by atoms with Crippen LogP contribution >= 0.6 is 23.2 Å². The first-order chi connectivity index (χ1) is 15.3. The van der Waals surface area contributed by atoms with Gasteiger partial charge < -0.3 is 14.4 Å². The summed E-state index contributed by atoms with van der Waals surface area (Å²) in [6.07, 6.45) is 0.697.